The van der Waals surface area contributed by atoms with Crippen LogP contribution in [-0.4, -0.2) is 23.9 Å². The maximum atomic E-state index is 12.2. The smallest absolute Gasteiger partial charge is 0.244 e. The van der Waals surface area contributed by atoms with Gasteiger partial charge in [-0.15, -0.1) is 0 Å². The molecule has 1 fully saturated rings. The Morgan fingerprint density at radius 1 is 0.688 bits per heavy atom. The zero-order valence-corrected chi connectivity index (χ0v) is 20.1. The summed E-state index contributed by atoms with van der Waals surface area (Å²) in [6.07, 6.45) is 9.43. The number of rotatable bonds is 6. The van der Waals surface area contributed by atoms with Gasteiger partial charge in [0.2, 0.25) is 11.8 Å². The van der Waals surface area contributed by atoms with Crippen LogP contribution >= 0.6 is 46.4 Å². The van der Waals surface area contributed by atoms with E-state index in [1.54, 1.807) is 48.6 Å². The molecule has 0 atom stereocenters. The molecular weight excluding hydrogens is 490 g/mol. The average Bonchev–Trinajstić information content (AvgIpc) is 2.74. The maximum absolute atomic E-state index is 12.2. The lowest BCUT2D eigenvalue weighted by Crippen LogP contribution is -2.43. The first-order valence-electron chi connectivity index (χ1n) is 10.2. The number of halogens is 4. The quantitative estimate of drug-likeness (QED) is 0.431. The van der Waals surface area contributed by atoms with Crippen molar-refractivity contribution in [3.05, 3.63) is 79.8 Å². The van der Waals surface area contributed by atoms with E-state index >= 15 is 0 Å². The summed E-state index contributed by atoms with van der Waals surface area (Å²) in [7, 11) is 0. The lowest BCUT2D eigenvalue weighted by Gasteiger charge is -2.29. The highest BCUT2D eigenvalue weighted by atomic mass is 35.5. The molecule has 8 heteroatoms. The van der Waals surface area contributed by atoms with Gasteiger partial charge in [0.1, 0.15) is 0 Å². The molecule has 3 rings (SSSR count). The second-order valence-electron chi connectivity index (χ2n) is 7.56. The number of carbonyl (C=O) groups excluding carboxylic acids is 2. The number of hydrogen-bond donors (Lipinski definition) is 2. The van der Waals surface area contributed by atoms with Crippen LogP contribution in [0.5, 0.6) is 0 Å². The topological polar surface area (TPSA) is 58.2 Å². The van der Waals surface area contributed by atoms with Gasteiger partial charge in [0.25, 0.3) is 0 Å². The van der Waals surface area contributed by atoms with E-state index in [1.807, 2.05) is 0 Å². The van der Waals surface area contributed by atoms with Crippen LogP contribution in [0.1, 0.15) is 36.8 Å². The molecule has 2 N–H and O–H groups in total. The van der Waals surface area contributed by atoms with Gasteiger partial charge in [0, 0.05) is 44.3 Å². The van der Waals surface area contributed by atoms with Crippen molar-refractivity contribution in [1.82, 2.24) is 10.6 Å². The van der Waals surface area contributed by atoms with E-state index in [9.17, 15) is 9.59 Å². The van der Waals surface area contributed by atoms with Gasteiger partial charge in [-0.2, -0.15) is 0 Å². The predicted molar refractivity (Wildman–Crippen MR) is 133 cm³/mol. The van der Waals surface area contributed by atoms with Gasteiger partial charge in [-0.3, -0.25) is 9.59 Å². The van der Waals surface area contributed by atoms with Crippen molar-refractivity contribution >= 4 is 70.4 Å². The fourth-order valence-electron chi connectivity index (χ4n) is 3.48. The minimum Gasteiger partial charge on any atom is -0.350 e. The third-order valence-corrected chi connectivity index (χ3v) is 6.30. The van der Waals surface area contributed by atoms with Gasteiger partial charge in [0.15, 0.2) is 0 Å². The van der Waals surface area contributed by atoms with Crippen LogP contribution in [0.3, 0.4) is 0 Å². The first kappa shape index (κ1) is 24.7. The normalized spacial score (nSPS) is 18.8. The van der Waals surface area contributed by atoms with Crippen LogP contribution in [0.4, 0.5) is 0 Å². The number of benzene rings is 2. The summed E-state index contributed by atoms with van der Waals surface area (Å²) in [5, 5.41) is 8.08. The highest BCUT2D eigenvalue weighted by molar-refractivity contribution is 6.36. The van der Waals surface area contributed by atoms with Gasteiger partial charge in [0.05, 0.1) is 0 Å². The molecule has 4 nitrogen and oxygen atoms in total. The van der Waals surface area contributed by atoms with E-state index in [1.165, 1.54) is 12.2 Å². The van der Waals surface area contributed by atoms with E-state index in [-0.39, 0.29) is 23.9 Å². The van der Waals surface area contributed by atoms with Gasteiger partial charge < -0.3 is 10.6 Å². The van der Waals surface area contributed by atoms with E-state index in [0.29, 0.717) is 20.1 Å². The Morgan fingerprint density at radius 3 is 1.41 bits per heavy atom. The second-order valence-corrected chi connectivity index (χ2v) is 9.25. The monoisotopic (exact) mass is 510 g/mol. The van der Waals surface area contributed by atoms with Crippen molar-refractivity contribution in [1.29, 1.82) is 0 Å². The third-order valence-electron chi connectivity index (χ3n) is 5.17. The molecule has 2 aromatic rings. The molecular formula is C24H22Cl4N2O2. The maximum Gasteiger partial charge on any atom is 0.244 e. The first-order valence-corrected chi connectivity index (χ1v) is 11.7. The molecule has 0 aliphatic heterocycles. The molecule has 0 unspecified atom stereocenters. The van der Waals surface area contributed by atoms with Gasteiger partial charge >= 0.3 is 0 Å². The van der Waals surface area contributed by atoms with E-state index in [2.05, 4.69) is 10.6 Å². The van der Waals surface area contributed by atoms with Gasteiger partial charge in [-0.1, -0.05) is 58.5 Å². The summed E-state index contributed by atoms with van der Waals surface area (Å²) < 4.78 is 0. The van der Waals surface area contributed by atoms with Crippen LogP contribution in [0.25, 0.3) is 12.2 Å². The molecule has 0 heterocycles. The SMILES string of the molecule is O=C(C=Cc1ccc(Cl)cc1Cl)NC1CCC(NC(=O)C=Cc2ccc(Cl)cc2Cl)CC1. The van der Waals surface area contributed by atoms with Crippen LogP contribution in [-0.2, 0) is 9.59 Å². The minimum absolute atomic E-state index is 0.0735. The first-order chi connectivity index (χ1) is 15.3. The summed E-state index contributed by atoms with van der Waals surface area (Å²) in [6, 6.07) is 10.4. The summed E-state index contributed by atoms with van der Waals surface area (Å²) >= 11 is 24.0. The minimum atomic E-state index is -0.175. The van der Waals surface area contributed by atoms with Crippen LogP contribution < -0.4 is 10.6 Å². The molecule has 0 spiro atoms. The Hall–Kier alpha value is -1.98. The van der Waals surface area contributed by atoms with Crippen molar-refractivity contribution in [2.45, 2.75) is 37.8 Å². The number of carbonyl (C=O) groups is 2. The number of amides is 2. The van der Waals surface area contributed by atoms with E-state index < -0.39 is 0 Å². The molecule has 1 aliphatic rings. The Bertz CT molecular complexity index is 961. The zero-order chi connectivity index (χ0) is 23.1. The lowest BCUT2D eigenvalue weighted by atomic mass is 9.91. The Morgan fingerprint density at radius 2 is 1.06 bits per heavy atom. The van der Waals surface area contributed by atoms with Crippen molar-refractivity contribution in [3.8, 4) is 0 Å². The largest absolute Gasteiger partial charge is 0.350 e. The fraction of sp³-hybridized carbons (Fsp3) is 0.250. The predicted octanol–water partition coefficient (Wildman–Crippen LogP) is 6.57. The Labute approximate surface area is 207 Å². The summed E-state index contributed by atoms with van der Waals surface area (Å²) in [4.78, 5) is 24.5. The van der Waals surface area contributed by atoms with Gasteiger partial charge in [-0.25, -0.2) is 0 Å². The molecule has 0 radical (unpaired) electrons. The highest BCUT2D eigenvalue weighted by Crippen LogP contribution is 2.23. The Balaban J connectivity index is 1.42. The summed E-state index contributed by atoms with van der Waals surface area (Å²) in [6.45, 7) is 0. The number of hydrogen-bond acceptors (Lipinski definition) is 2. The van der Waals surface area contributed by atoms with Crippen LogP contribution in [0, 0.1) is 0 Å². The molecule has 0 saturated heterocycles. The molecule has 32 heavy (non-hydrogen) atoms. The highest BCUT2D eigenvalue weighted by Gasteiger charge is 2.22. The van der Waals surface area contributed by atoms with Crippen molar-refractivity contribution < 1.29 is 9.59 Å². The van der Waals surface area contributed by atoms with E-state index in [4.69, 9.17) is 46.4 Å². The van der Waals surface area contributed by atoms with Crippen LogP contribution in [0.15, 0.2) is 48.6 Å². The number of nitrogens with one attached hydrogen (secondary N) is 2. The zero-order valence-electron chi connectivity index (χ0n) is 17.1. The second kappa shape index (κ2) is 11.8. The van der Waals surface area contributed by atoms with Crippen molar-refractivity contribution in [2.75, 3.05) is 0 Å². The third kappa shape index (κ3) is 7.56. The fourth-order valence-corrected chi connectivity index (χ4v) is 4.43. The molecule has 1 aliphatic carbocycles. The molecule has 168 valence electrons. The van der Waals surface area contributed by atoms with Crippen molar-refractivity contribution in [3.63, 3.8) is 0 Å². The molecule has 0 aromatic heterocycles. The lowest BCUT2D eigenvalue weighted by molar-refractivity contribution is -0.118. The van der Waals surface area contributed by atoms with Crippen LogP contribution in [0.2, 0.25) is 20.1 Å². The van der Waals surface area contributed by atoms with Crippen molar-refractivity contribution in [2.24, 2.45) is 0 Å². The average molecular weight is 512 g/mol. The molecule has 1 saturated carbocycles. The molecule has 2 aromatic carbocycles. The summed E-state index contributed by atoms with van der Waals surface area (Å²) in [5.74, 6) is -0.349. The Kier molecular flexibility index (Phi) is 9.06. The molecule has 0 bridgehead atoms. The summed E-state index contributed by atoms with van der Waals surface area (Å²) in [5.41, 5.74) is 1.45. The standard InChI is InChI=1S/C24H22Cl4N2O2/c25-17-5-1-15(21(27)13-17)3-11-23(31)29-19-7-9-20(10-8-19)30-24(32)12-4-16-2-6-18(26)14-22(16)28/h1-6,11-14,19-20H,7-10H2,(H,29,31)(H,30,32). The van der Waals surface area contributed by atoms with E-state index in [0.717, 1.165) is 36.8 Å². The molecule has 2 amide bonds. The van der Waals surface area contributed by atoms with Gasteiger partial charge in [-0.05, 0) is 73.2 Å².